The Morgan fingerprint density at radius 2 is 0.932 bits per heavy atom. The van der Waals surface area contributed by atoms with Crippen LogP contribution in [-0.2, 0) is 60.7 Å². The number of H-pyrrole nitrogens is 4. The number of ketones is 1. The Labute approximate surface area is 638 Å². The first-order chi connectivity index (χ1) is 38.0. The van der Waals surface area contributed by atoms with Crippen LogP contribution in [0.4, 0.5) is 45.5 Å². The molecule has 7 aromatic rings. The van der Waals surface area contributed by atoms with Crippen molar-refractivity contribution in [3.63, 3.8) is 0 Å². The molecule has 88 heavy (non-hydrogen) atoms. The third-order valence-corrected chi connectivity index (χ3v) is 15.8. The third kappa shape index (κ3) is 20.8. The van der Waals surface area contributed by atoms with Crippen LogP contribution in [0.3, 0.4) is 0 Å². The molecule has 0 unspecified atom stereocenters. The molecule has 48 heteroatoms. The van der Waals surface area contributed by atoms with Crippen molar-refractivity contribution in [3.05, 3.63) is 140 Å². The Hall–Kier alpha value is -2.36. The maximum Gasteiger partial charge on any atom is 1.00 e. The number of hydrazone groups is 1. The first kappa shape index (κ1) is 81.7. The van der Waals surface area contributed by atoms with Gasteiger partial charge in [-0.15, -0.1) is 10.2 Å². The fourth-order valence-corrected chi connectivity index (χ4v) is 10.9. The second-order valence-electron chi connectivity index (χ2n) is 15.9. The van der Waals surface area contributed by atoms with Gasteiger partial charge in [0.2, 0.25) is 38.8 Å². The SMILES string of the molecule is Nc1c(N=Nc2ccc(N=c3[nH]c(Cl)nc(=Nc4cccc(S(=O)(=O)[O-])c4)[nH]3)cc2S(=O)(=O)[O-])c(S(=O)(=O)[O-])cc2c1C(=O)/C(=N\Nc1ccc(N=c3[nH]c(Cl)nc(=Nc4cccc(S(=O)(=O)[O-])c4)[nH]3)cc1S(=O)(=O)[O-])C(S(=O)(=O)[O-])=C2.[Na+].[Na+].[Na+].[Na+].[Na+].[Na+]. The van der Waals surface area contributed by atoms with Gasteiger partial charge in [0.25, 0.3) is 0 Å². The van der Waals surface area contributed by atoms with Gasteiger partial charge in [0.05, 0.1) is 69.1 Å². The quantitative estimate of drug-likeness (QED) is 0.0194. The number of nitrogens with one attached hydrogen (secondary N) is 5. The molecule has 0 radical (unpaired) electrons. The van der Waals surface area contributed by atoms with Gasteiger partial charge in [0.1, 0.15) is 77.8 Å². The second-order valence-corrected chi connectivity index (χ2v) is 24.7. The molecule has 428 valence electrons. The molecule has 0 atom stereocenters. The van der Waals surface area contributed by atoms with Crippen molar-refractivity contribution in [2.75, 3.05) is 11.2 Å². The molecule has 0 aliphatic heterocycles. The molecule has 2 heterocycles. The summed E-state index contributed by atoms with van der Waals surface area (Å²) in [5.41, 5.74) is -1.31. The molecular formula is C40H23Cl2N15Na6O19S6. The number of hydrogen-bond acceptors (Lipinski definition) is 30. The van der Waals surface area contributed by atoms with Crippen molar-refractivity contribution in [3.8, 4) is 0 Å². The van der Waals surface area contributed by atoms with Gasteiger partial charge in [-0.2, -0.15) is 15.1 Å². The summed E-state index contributed by atoms with van der Waals surface area (Å²) in [5.74, 6) is -1.66. The summed E-state index contributed by atoms with van der Waals surface area (Å²) in [4.78, 5) is 41.4. The van der Waals surface area contributed by atoms with E-state index >= 15 is 0 Å². The molecule has 0 saturated heterocycles. The maximum absolute atomic E-state index is 14.2. The van der Waals surface area contributed by atoms with Crippen LogP contribution < -0.4 is 211 Å². The number of fused-ring (bicyclic) bond motifs is 1. The van der Waals surface area contributed by atoms with E-state index < -0.39 is 146 Å². The number of anilines is 2. The molecule has 0 fully saturated rings. The number of nitrogens with two attached hydrogens (primary N) is 1. The number of carbonyl (C=O) groups excluding carboxylic acids is 1. The van der Waals surface area contributed by atoms with Crippen LogP contribution in [-0.4, -0.2) is 119 Å². The average Bonchev–Trinajstić information content (AvgIpc) is 0.799. The van der Waals surface area contributed by atoms with Gasteiger partial charge in [-0.3, -0.25) is 20.2 Å². The summed E-state index contributed by atoms with van der Waals surface area (Å²) in [6.07, 6.45) is 0.347. The topological polar surface area (TPSA) is 574 Å². The smallest absolute Gasteiger partial charge is 0.744 e. The summed E-state index contributed by atoms with van der Waals surface area (Å²) in [6.45, 7) is 0. The Morgan fingerprint density at radius 3 is 1.38 bits per heavy atom. The van der Waals surface area contributed by atoms with E-state index in [1.54, 1.807) is 0 Å². The van der Waals surface area contributed by atoms with Crippen molar-refractivity contribution < 1.29 is 260 Å². The van der Waals surface area contributed by atoms with Gasteiger partial charge in [0, 0.05) is 0 Å². The Balaban J connectivity index is 0.00000440. The van der Waals surface area contributed by atoms with Crippen molar-refractivity contribution in [2.24, 2.45) is 35.3 Å². The van der Waals surface area contributed by atoms with Crippen molar-refractivity contribution >= 4 is 147 Å². The standard InChI is InChI=1S/C40H29Cl2N15O19S6.6Na/c41-35-48-37(44-18-3-1-5-22(13-18)77(59,60)61)52-39(50-35)46-20-7-9-24(26(15-20)79(65,66)67)54-56-32-28(81(71,72)73)11-17-12-29(82(74,75)76)33(34(58)30(17)31(32)43)57-55-25-10-8-21(16-27(25)80(68,69)70)47-40-51-36(42)49-38(53-40)45-19-4-2-6-23(14-19)78(62,63)64;;;;;;/h1-16,55H,43H2,(H,59,60,61)(H,62,63,64)(H,65,66,67)(H,68,69,70)(H,71,72,73)(H,74,75,76)(H2,44,46,48,50,52)(H2,45,47,49,51,53);;;;;;/q;6*+1/p-6/b56-54?,57-33-;;;;;;. The minimum Gasteiger partial charge on any atom is -0.744 e. The number of azo groups is 1. The zero-order chi connectivity index (χ0) is 60.1. The number of aromatic nitrogens is 6. The molecule has 0 spiro atoms. The van der Waals surface area contributed by atoms with E-state index in [1.807, 2.05) is 5.43 Å². The summed E-state index contributed by atoms with van der Waals surface area (Å²) in [5, 5.41) is 9.94. The van der Waals surface area contributed by atoms with Crippen molar-refractivity contribution in [1.82, 2.24) is 29.9 Å². The van der Waals surface area contributed by atoms with E-state index in [0.29, 0.717) is 24.3 Å². The fraction of sp³-hybridized carbons (Fsp3) is 0. The predicted octanol–water partition coefficient (Wildman–Crippen LogP) is -16.9. The number of benzene rings is 5. The van der Waals surface area contributed by atoms with Crippen molar-refractivity contribution in [2.45, 2.75) is 24.5 Å². The normalized spacial score (nSPS) is 14.1. The van der Waals surface area contributed by atoms with Crippen molar-refractivity contribution in [1.29, 1.82) is 0 Å². The number of allylic oxidation sites excluding steroid dienone is 1. The van der Waals surface area contributed by atoms with Gasteiger partial charge < -0.3 is 43.0 Å². The molecule has 1 aliphatic rings. The molecule has 34 nitrogen and oxygen atoms in total. The number of Topliss-reactive ketones (excluding diaryl/α,β-unsaturated/α-hetero) is 1. The van der Waals surface area contributed by atoms with Gasteiger partial charge in [0.15, 0.2) is 0 Å². The summed E-state index contributed by atoms with van der Waals surface area (Å²) in [7, 11) is -32.6. The van der Waals surface area contributed by atoms with Crippen LogP contribution in [0.5, 0.6) is 0 Å². The van der Waals surface area contributed by atoms with Crippen LogP contribution in [0.25, 0.3) is 6.08 Å². The Bertz CT molecular complexity index is 5080. The van der Waals surface area contributed by atoms with E-state index in [4.69, 9.17) is 28.9 Å². The van der Waals surface area contributed by atoms with E-state index in [0.717, 1.165) is 48.5 Å². The number of aromatic amines is 4. The zero-order valence-corrected chi connectivity index (χ0v) is 63.7. The predicted molar refractivity (Wildman–Crippen MR) is 270 cm³/mol. The van der Waals surface area contributed by atoms with Crippen LogP contribution in [0, 0.1) is 0 Å². The molecule has 2 aromatic heterocycles. The van der Waals surface area contributed by atoms with Gasteiger partial charge in [-0.05, 0) is 114 Å². The molecule has 1 aliphatic carbocycles. The van der Waals surface area contributed by atoms with E-state index in [2.05, 4.69) is 65.2 Å². The van der Waals surface area contributed by atoms with Gasteiger partial charge >= 0.3 is 177 Å². The molecular weight excluding hydrogens is 1400 g/mol. The first-order valence-electron chi connectivity index (χ1n) is 21.1. The minimum absolute atomic E-state index is 0. The minimum atomic E-state index is -5.85. The maximum atomic E-state index is 14.2. The molecule has 8 rings (SSSR count). The van der Waals surface area contributed by atoms with Gasteiger partial charge in [-0.1, -0.05) is 12.1 Å². The third-order valence-electron chi connectivity index (χ3n) is 10.3. The zero-order valence-electron chi connectivity index (χ0n) is 45.3. The van der Waals surface area contributed by atoms with E-state index in [1.165, 1.54) is 24.3 Å². The average molecular weight is 1420 g/mol. The largest absolute Gasteiger partial charge is 1.00 e. The summed E-state index contributed by atoms with van der Waals surface area (Å²) in [6, 6.07) is 14.0. The van der Waals surface area contributed by atoms with Crippen LogP contribution in [0.15, 0.2) is 156 Å². The molecule has 7 N–H and O–H groups in total. The fourth-order valence-electron chi connectivity index (χ4n) is 6.95. The van der Waals surface area contributed by atoms with E-state index in [-0.39, 0.29) is 223 Å². The summed E-state index contributed by atoms with van der Waals surface area (Å²) >= 11 is 12.1. The molecule has 0 bridgehead atoms. The number of rotatable bonds is 14. The van der Waals surface area contributed by atoms with Crippen LogP contribution >= 0.6 is 23.2 Å². The number of hydrogen-bond donors (Lipinski definition) is 6. The van der Waals surface area contributed by atoms with Gasteiger partial charge in [-0.25, -0.2) is 70.5 Å². The number of carbonyl (C=O) groups is 1. The number of halogens is 2. The van der Waals surface area contributed by atoms with E-state index in [9.17, 15) is 82.6 Å². The number of nitrogen functional groups attached to an aromatic ring is 1. The molecule has 5 aromatic carbocycles. The second kappa shape index (κ2) is 32.2. The van der Waals surface area contributed by atoms with Crippen LogP contribution in [0.2, 0.25) is 10.6 Å². The van der Waals surface area contributed by atoms with Crippen LogP contribution in [0.1, 0.15) is 15.9 Å². The first-order valence-corrected chi connectivity index (χ1v) is 30.4. The Kier molecular flexibility index (Phi) is 29.9. The number of nitrogens with zero attached hydrogens (tertiary/aromatic N) is 9. The summed E-state index contributed by atoms with van der Waals surface area (Å²) < 4.78 is 220. The molecule has 0 amide bonds. The Morgan fingerprint density at radius 1 is 0.489 bits per heavy atom. The molecule has 0 saturated carbocycles. The monoisotopic (exact) mass is 1420 g/mol.